The van der Waals surface area contributed by atoms with Crippen LogP contribution in [0.5, 0.6) is 0 Å². The lowest BCUT2D eigenvalue weighted by Gasteiger charge is -2.30. The van der Waals surface area contributed by atoms with Gasteiger partial charge in [-0.15, -0.1) is 0 Å². The molecule has 4 nitrogen and oxygen atoms in total. The summed E-state index contributed by atoms with van der Waals surface area (Å²) in [7, 11) is 0. The molecule has 0 heterocycles. The molecular weight excluding hydrogens is 356 g/mol. The summed E-state index contributed by atoms with van der Waals surface area (Å²) in [6.07, 6.45) is 1.79. The van der Waals surface area contributed by atoms with E-state index in [0.29, 0.717) is 12.6 Å². The quantitative estimate of drug-likeness (QED) is 0.814. The minimum atomic E-state index is -0.482. The molecule has 0 aromatic heterocycles. The van der Waals surface area contributed by atoms with Crippen molar-refractivity contribution in [2.75, 3.05) is 6.54 Å². The van der Waals surface area contributed by atoms with E-state index in [1.54, 1.807) is 0 Å². The number of hydrogen-bond acceptors (Lipinski definition) is 3. The molecule has 128 valence electrons. The van der Waals surface area contributed by atoms with Crippen LogP contribution in [-0.4, -0.2) is 23.8 Å². The lowest BCUT2D eigenvalue weighted by atomic mass is 10.0. The van der Waals surface area contributed by atoms with Crippen molar-refractivity contribution in [3.05, 3.63) is 33.8 Å². The SMILES string of the molecule is CC(C)(CNC1CCc2c(Br)cccc21)NC(=O)OC(C)(C)C. The molecule has 0 saturated heterocycles. The second-order valence-electron chi connectivity index (χ2n) is 7.79. The summed E-state index contributed by atoms with van der Waals surface area (Å²) in [5.41, 5.74) is 1.89. The van der Waals surface area contributed by atoms with Crippen LogP contribution in [0.3, 0.4) is 0 Å². The number of benzene rings is 1. The summed E-state index contributed by atoms with van der Waals surface area (Å²) in [4.78, 5) is 11.9. The zero-order valence-corrected chi connectivity index (χ0v) is 16.2. The number of carbonyl (C=O) groups is 1. The van der Waals surface area contributed by atoms with E-state index in [1.807, 2.05) is 34.6 Å². The summed E-state index contributed by atoms with van der Waals surface area (Å²) in [5.74, 6) is 0. The van der Waals surface area contributed by atoms with Crippen LogP contribution in [0.15, 0.2) is 22.7 Å². The van der Waals surface area contributed by atoms with Crippen molar-refractivity contribution in [3.8, 4) is 0 Å². The molecule has 1 aromatic rings. The van der Waals surface area contributed by atoms with Gasteiger partial charge in [-0.3, -0.25) is 0 Å². The van der Waals surface area contributed by atoms with Gasteiger partial charge in [0.25, 0.3) is 0 Å². The number of hydrogen-bond donors (Lipinski definition) is 2. The summed E-state index contributed by atoms with van der Waals surface area (Å²) >= 11 is 3.62. The summed E-state index contributed by atoms with van der Waals surface area (Å²) in [6.45, 7) is 10.3. The minimum absolute atomic E-state index is 0.335. The molecule has 2 rings (SSSR count). The maximum absolute atomic E-state index is 11.9. The average molecular weight is 383 g/mol. The number of amides is 1. The maximum atomic E-state index is 11.9. The second-order valence-corrected chi connectivity index (χ2v) is 8.64. The van der Waals surface area contributed by atoms with Crippen LogP contribution in [0.4, 0.5) is 4.79 Å². The first-order valence-electron chi connectivity index (χ1n) is 8.09. The molecule has 1 atom stereocenters. The standard InChI is InChI=1S/C18H27BrN2O2/c1-17(2,3)23-16(22)21-18(4,5)11-20-15-10-9-12-13(15)7-6-8-14(12)19/h6-8,15,20H,9-11H2,1-5H3,(H,21,22). The number of rotatable bonds is 4. The first-order chi connectivity index (χ1) is 10.6. The lowest BCUT2D eigenvalue weighted by molar-refractivity contribution is 0.0470. The Morgan fingerprint density at radius 2 is 2.00 bits per heavy atom. The molecule has 2 N–H and O–H groups in total. The predicted molar refractivity (Wildman–Crippen MR) is 96.7 cm³/mol. The van der Waals surface area contributed by atoms with Crippen LogP contribution in [-0.2, 0) is 11.2 Å². The second kappa shape index (κ2) is 6.81. The van der Waals surface area contributed by atoms with Crippen molar-refractivity contribution >= 4 is 22.0 Å². The van der Waals surface area contributed by atoms with Crippen LogP contribution in [0.2, 0.25) is 0 Å². The number of alkyl carbamates (subject to hydrolysis) is 1. The molecular formula is C18H27BrN2O2. The van der Waals surface area contributed by atoms with Gasteiger partial charge in [-0.05, 0) is 64.7 Å². The molecule has 1 aliphatic carbocycles. The Labute approximate surface area is 147 Å². The van der Waals surface area contributed by atoms with Gasteiger partial charge in [0.15, 0.2) is 0 Å². The van der Waals surface area contributed by atoms with E-state index in [4.69, 9.17) is 4.74 Å². The fraction of sp³-hybridized carbons (Fsp3) is 0.611. The molecule has 1 aromatic carbocycles. The van der Waals surface area contributed by atoms with Crippen LogP contribution < -0.4 is 10.6 Å². The van der Waals surface area contributed by atoms with Gasteiger partial charge in [0, 0.05) is 17.1 Å². The first kappa shape index (κ1) is 18.3. The molecule has 0 bridgehead atoms. The molecule has 1 amide bonds. The number of carbonyl (C=O) groups excluding carboxylic acids is 1. The van der Waals surface area contributed by atoms with Gasteiger partial charge in [0.1, 0.15) is 5.60 Å². The van der Waals surface area contributed by atoms with E-state index in [0.717, 1.165) is 12.8 Å². The smallest absolute Gasteiger partial charge is 0.408 e. The van der Waals surface area contributed by atoms with Crippen LogP contribution in [0, 0.1) is 0 Å². The summed E-state index contributed by atoms with van der Waals surface area (Å²) in [5, 5.41) is 6.52. The van der Waals surface area contributed by atoms with Gasteiger partial charge < -0.3 is 15.4 Å². The third-order valence-corrected chi connectivity index (χ3v) is 4.59. The van der Waals surface area contributed by atoms with Crippen LogP contribution in [0.1, 0.15) is 58.2 Å². The fourth-order valence-electron chi connectivity index (χ4n) is 2.82. The molecule has 1 aliphatic rings. The van der Waals surface area contributed by atoms with Gasteiger partial charge in [0.2, 0.25) is 0 Å². The third kappa shape index (κ3) is 5.21. The fourth-order valence-corrected chi connectivity index (χ4v) is 3.40. The Morgan fingerprint density at radius 3 is 2.65 bits per heavy atom. The van der Waals surface area contributed by atoms with Crippen molar-refractivity contribution in [1.29, 1.82) is 0 Å². The average Bonchev–Trinajstić information content (AvgIpc) is 2.78. The number of nitrogens with one attached hydrogen (secondary N) is 2. The van der Waals surface area contributed by atoms with E-state index in [2.05, 4.69) is 44.8 Å². The van der Waals surface area contributed by atoms with E-state index < -0.39 is 5.60 Å². The molecule has 0 spiro atoms. The molecule has 23 heavy (non-hydrogen) atoms. The predicted octanol–water partition coefficient (Wildman–Crippen LogP) is 4.33. The maximum Gasteiger partial charge on any atom is 0.408 e. The zero-order valence-electron chi connectivity index (χ0n) is 14.6. The molecule has 5 heteroatoms. The molecule has 0 saturated carbocycles. The van der Waals surface area contributed by atoms with E-state index in [-0.39, 0.29) is 11.6 Å². The normalized spacial score (nSPS) is 17.7. The highest BCUT2D eigenvalue weighted by Crippen LogP contribution is 2.35. The lowest BCUT2D eigenvalue weighted by Crippen LogP contribution is -2.52. The van der Waals surface area contributed by atoms with Crippen molar-refractivity contribution in [2.45, 2.75) is 64.6 Å². The molecule has 0 aliphatic heterocycles. The molecule has 0 radical (unpaired) electrons. The Hall–Kier alpha value is -1.07. The first-order valence-corrected chi connectivity index (χ1v) is 8.88. The number of ether oxygens (including phenoxy) is 1. The highest BCUT2D eigenvalue weighted by atomic mass is 79.9. The number of halogens is 1. The largest absolute Gasteiger partial charge is 0.444 e. The van der Waals surface area contributed by atoms with Gasteiger partial charge in [0.05, 0.1) is 5.54 Å². The summed E-state index contributed by atoms with van der Waals surface area (Å²) < 4.78 is 6.52. The van der Waals surface area contributed by atoms with E-state index >= 15 is 0 Å². The summed E-state index contributed by atoms with van der Waals surface area (Å²) in [6, 6.07) is 6.68. The van der Waals surface area contributed by atoms with Gasteiger partial charge in [-0.2, -0.15) is 0 Å². The van der Waals surface area contributed by atoms with Crippen molar-refractivity contribution in [3.63, 3.8) is 0 Å². The monoisotopic (exact) mass is 382 g/mol. The Bertz CT molecular complexity index is 579. The topological polar surface area (TPSA) is 50.4 Å². The Morgan fingerprint density at radius 1 is 1.30 bits per heavy atom. The van der Waals surface area contributed by atoms with E-state index in [9.17, 15) is 4.79 Å². The van der Waals surface area contributed by atoms with Gasteiger partial charge in [-0.25, -0.2) is 4.79 Å². The van der Waals surface area contributed by atoms with Crippen molar-refractivity contribution in [1.82, 2.24) is 10.6 Å². The van der Waals surface area contributed by atoms with E-state index in [1.165, 1.54) is 15.6 Å². The number of fused-ring (bicyclic) bond motifs is 1. The van der Waals surface area contributed by atoms with Crippen LogP contribution in [0.25, 0.3) is 0 Å². The van der Waals surface area contributed by atoms with Crippen molar-refractivity contribution < 1.29 is 9.53 Å². The Balaban J connectivity index is 1.91. The van der Waals surface area contributed by atoms with Crippen molar-refractivity contribution in [2.24, 2.45) is 0 Å². The highest BCUT2D eigenvalue weighted by Gasteiger charge is 2.28. The zero-order chi connectivity index (χ0) is 17.3. The van der Waals surface area contributed by atoms with Gasteiger partial charge >= 0.3 is 6.09 Å². The van der Waals surface area contributed by atoms with Gasteiger partial charge in [-0.1, -0.05) is 28.1 Å². The third-order valence-electron chi connectivity index (χ3n) is 3.84. The van der Waals surface area contributed by atoms with Crippen LogP contribution >= 0.6 is 15.9 Å². The molecule has 1 unspecified atom stereocenters. The highest BCUT2D eigenvalue weighted by molar-refractivity contribution is 9.10. The molecule has 0 fully saturated rings. The Kier molecular flexibility index (Phi) is 5.41. The minimum Gasteiger partial charge on any atom is -0.444 e.